The first-order valence-electron chi connectivity index (χ1n) is 7.77. The molecule has 0 aromatic heterocycles. The van der Waals surface area contributed by atoms with Gasteiger partial charge in [-0.05, 0) is 23.6 Å². The van der Waals surface area contributed by atoms with Gasteiger partial charge in [0, 0.05) is 5.39 Å². The Balaban J connectivity index is 2.13. The van der Waals surface area contributed by atoms with Crippen molar-refractivity contribution in [2.24, 2.45) is 5.14 Å². The molecule has 0 saturated carbocycles. The summed E-state index contributed by atoms with van der Waals surface area (Å²) in [5.74, 6) is 0.343. The van der Waals surface area contributed by atoms with Crippen LogP contribution in [0.1, 0.15) is 10.4 Å². The van der Waals surface area contributed by atoms with E-state index in [2.05, 4.69) is 5.32 Å². The summed E-state index contributed by atoms with van der Waals surface area (Å²) in [6, 6.07) is 16.0. The zero-order chi connectivity index (χ0) is 18.7. The lowest BCUT2D eigenvalue weighted by Gasteiger charge is -2.16. The van der Waals surface area contributed by atoms with Gasteiger partial charge in [-0.15, -0.1) is 0 Å². The van der Waals surface area contributed by atoms with Crippen LogP contribution in [0.3, 0.4) is 0 Å². The van der Waals surface area contributed by atoms with Crippen molar-refractivity contribution >= 4 is 33.4 Å². The van der Waals surface area contributed by atoms with E-state index in [1.807, 2.05) is 24.3 Å². The number of carbonyl (C=O) groups is 1. The molecule has 3 N–H and O–H groups in total. The van der Waals surface area contributed by atoms with Crippen LogP contribution in [0.15, 0.2) is 59.5 Å². The molecule has 134 valence electrons. The molecule has 0 heterocycles. The van der Waals surface area contributed by atoms with Crippen molar-refractivity contribution in [2.75, 3.05) is 19.5 Å². The second kappa shape index (κ2) is 7.55. The first kappa shape index (κ1) is 17.9. The molecule has 0 aliphatic rings. The van der Waals surface area contributed by atoms with Gasteiger partial charge in [0.25, 0.3) is 5.91 Å². The molecule has 1 unspecified atom stereocenters. The molecular formula is C19H18N2O4S. The number of ether oxygens (including phenoxy) is 2. The number of anilines is 1. The van der Waals surface area contributed by atoms with Gasteiger partial charge in [0.15, 0.2) is 0 Å². The second-order valence-electron chi connectivity index (χ2n) is 5.46. The lowest BCUT2D eigenvalue weighted by Crippen LogP contribution is -2.17. The van der Waals surface area contributed by atoms with Gasteiger partial charge in [-0.25, -0.2) is 9.35 Å². The molecule has 0 aliphatic carbocycles. The summed E-state index contributed by atoms with van der Waals surface area (Å²) in [5, 5.41) is 9.92. The number of para-hydroxylation sites is 1. The molecule has 26 heavy (non-hydrogen) atoms. The Kier molecular flexibility index (Phi) is 5.20. The largest absolute Gasteiger partial charge is 0.496 e. The predicted molar refractivity (Wildman–Crippen MR) is 102 cm³/mol. The quantitative estimate of drug-likeness (QED) is 0.722. The molecular weight excluding hydrogens is 352 g/mol. The van der Waals surface area contributed by atoms with Crippen LogP contribution in [0, 0.1) is 0 Å². The SMILES string of the molecule is COc1cc2ccccc2c(OC)c1C(=O)Nc1ccccc1S(N)=O. The van der Waals surface area contributed by atoms with Crippen LogP contribution in [-0.2, 0) is 11.0 Å². The standard InChI is InChI=1S/C19H18N2O4S/c1-24-15-11-12-7-3-4-8-13(12)18(25-2)17(15)19(22)21-14-9-5-6-10-16(14)26(20)23/h3-11H,20H2,1-2H3,(H,21,22). The first-order valence-corrected chi connectivity index (χ1v) is 8.98. The minimum atomic E-state index is -1.73. The summed E-state index contributed by atoms with van der Waals surface area (Å²) >= 11 is 0. The van der Waals surface area contributed by atoms with Crippen LogP contribution >= 0.6 is 0 Å². The average molecular weight is 370 g/mol. The minimum absolute atomic E-state index is 0.256. The Hall–Kier alpha value is -2.90. The molecule has 3 rings (SSSR count). The number of fused-ring (bicyclic) bond motifs is 1. The zero-order valence-electron chi connectivity index (χ0n) is 14.3. The van der Waals surface area contributed by atoms with Gasteiger partial charge in [0.1, 0.15) is 28.0 Å². The number of amides is 1. The van der Waals surface area contributed by atoms with Crippen molar-refractivity contribution in [1.29, 1.82) is 0 Å². The van der Waals surface area contributed by atoms with Gasteiger partial charge in [0.05, 0.1) is 24.8 Å². The highest BCUT2D eigenvalue weighted by Gasteiger charge is 2.22. The van der Waals surface area contributed by atoms with Gasteiger partial charge in [-0.3, -0.25) is 4.79 Å². The van der Waals surface area contributed by atoms with E-state index in [9.17, 15) is 9.00 Å². The van der Waals surface area contributed by atoms with Crippen LogP contribution in [0.5, 0.6) is 11.5 Å². The van der Waals surface area contributed by atoms with E-state index in [1.54, 1.807) is 30.3 Å². The van der Waals surface area contributed by atoms with E-state index in [0.717, 1.165) is 10.8 Å². The van der Waals surface area contributed by atoms with E-state index in [4.69, 9.17) is 14.6 Å². The van der Waals surface area contributed by atoms with Gasteiger partial charge in [0.2, 0.25) is 0 Å². The number of rotatable bonds is 5. The third kappa shape index (κ3) is 3.26. The molecule has 1 amide bonds. The van der Waals surface area contributed by atoms with Crippen molar-refractivity contribution in [3.63, 3.8) is 0 Å². The summed E-state index contributed by atoms with van der Waals surface area (Å²) in [7, 11) is 1.26. The molecule has 0 aliphatic heterocycles. The third-order valence-electron chi connectivity index (χ3n) is 3.97. The highest BCUT2D eigenvalue weighted by molar-refractivity contribution is 7.82. The topological polar surface area (TPSA) is 90.7 Å². The zero-order valence-corrected chi connectivity index (χ0v) is 15.1. The van der Waals surface area contributed by atoms with Crippen molar-refractivity contribution in [2.45, 2.75) is 4.90 Å². The molecule has 0 radical (unpaired) electrons. The molecule has 3 aromatic carbocycles. The van der Waals surface area contributed by atoms with E-state index in [1.165, 1.54) is 14.2 Å². The van der Waals surface area contributed by atoms with Gasteiger partial charge < -0.3 is 14.8 Å². The van der Waals surface area contributed by atoms with Crippen LogP contribution in [-0.4, -0.2) is 24.3 Å². The Morgan fingerprint density at radius 1 is 1.04 bits per heavy atom. The van der Waals surface area contributed by atoms with Crippen LogP contribution in [0.25, 0.3) is 10.8 Å². The normalized spacial score (nSPS) is 11.8. The first-order chi connectivity index (χ1) is 12.6. The van der Waals surface area contributed by atoms with E-state index in [-0.39, 0.29) is 5.56 Å². The van der Waals surface area contributed by atoms with E-state index < -0.39 is 16.9 Å². The number of nitrogens with two attached hydrogens (primary N) is 1. The van der Waals surface area contributed by atoms with Crippen LogP contribution < -0.4 is 19.9 Å². The van der Waals surface area contributed by atoms with E-state index >= 15 is 0 Å². The van der Waals surface area contributed by atoms with Crippen LogP contribution in [0.2, 0.25) is 0 Å². The Bertz CT molecular complexity index is 1000. The fraction of sp³-hybridized carbons (Fsp3) is 0.105. The predicted octanol–water partition coefficient (Wildman–Crippen LogP) is 3.09. The Morgan fingerprint density at radius 2 is 1.73 bits per heavy atom. The average Bonchev–Trinajstić information content (AvgIpc) is 2.66. The number of carbonyl (C=O) groups excluding carboxylic acids is 1. The molecule has 3 aromatic rings. The number of methoxy groups -OCH3 is 2. The third-order valence-corrected chi connectivity index (χ3v) is 4.76. The van der Waals surface area contributed by atoms with Crippen molar-refractivity contribution in [3.8, 4) is 11.5 Å². The second-order valence-corrected chi connectivity index (χ2v) is 6.49. The molecule has 0 saturated heterocycles. The summed E-state index contributed by atoms with van der Waals surface area (Å²) in [4.78, 5) is 13.3. The van der Waals surface area contributed by atoms with Crippen molar-refractivity contribution in [3.05, 3.63) is 60.2 Å². The highest BCUT2D eigenvalue weighted by atomic mass is 32.2. The molecule has 6 nitrogen and oxygen atoms in total. The number of benzene rings is 3. The smallest absolute Gasteiger partial charge is 0.263 e. The van der Waals surface area contributed by atoms with Gasteiger partial charge in [-0.2, -0.15) is 0 Å². The minimum Gasteiger partial charge on any atom is -0.496 e. The summed E-state index contributed by atoms with van der Waals surface area (Å²) in [6.07, 6.45) is 0. The Morgan fingerprint density at radius 3 is 2.42 bits per heavy atom. The summed E-state index contributed by atoms with van der Waals surface area (Å²) in [5.41, 5.74) is 0.627. The Labute approximate surface area is 153 Å². The van der Waals surface area contributed by atoms with Gasteiger partial charge in [-0.1, -0.05) is 36.4 Å². The highest BCUT2D eigenvalue weighted by Crippen LogP contribution is 2.37. The lowest BCUT2D eigenvalue weighted by molar-refractivity contribution is 0.102. The lowest BCUT2D eigenvalue weighted by atomic mass is 10.0. The van der Waals surface area contributed by atoms with Gasteiger partial charge >= 0.3 is 0 Å². The fourth-order valence-corrected chi connectivity index (χ4v) is 3.36. The molecule has 1 atom stereocenters. The number of hydrogen-bond acceptors (Lipinski definition) is 4. The summed E-state index contributed by atoms with van der Waals surface area (Å²) < 4.78 is 22.6. The summed E-state index contributed by atoms with van der Waals surface area (Å²) in [6.45, 7) is 0. The maximum Gasteiger partial charge on any atom is 0.263 e. The monoisotopic (exact) mass is 370 g/mol. The molecule has 0 spiro atoms. The molecule has 0 fully saturated rings. The van der Waals surface area contributed by atoms with Crippen molar-refractivity contribution in [1.82, 2.24) is 0 Å². The molecule has 7 heteroatoms. The van der Waals surface area contributed by atoms with E-state index in [0.29, 0.717) is 22.1 Å². The maximum absolute atomic E-state index is 13.0. The maximum atomic E-state index is 13.0. The van der Waals surface area contributed by atoms with Crippen LogP contribution in [0.4, 0.5) is 5.69 Å². The number of hydrogen-bond donors (Lipinski definition) is 2. The molecule has 0 bridgehead atoms. The number of nitrogens with one attached hydrogen (secondary N) is 1. The fourth-order valence-electron chi connectivity index (χ4n) is 2.81. The van der Waals surface area contributed by atoms with Crippen molar-refractivity contribution < 1.29 is 18.5 Å².